The highest BCUT2D eigenvalue weighted by atomic mass is 16.5. The SMILES string of the molecule is CCC[C@H](NC(=O)C1[C@H]2CCC[C@H]2CN1C(=O)C(NC(=O)[C@@H](NC(=O)[C@@H](C)NC(=O)OC)C(C)(C)C)C(C)(C)C)C(=O)C(=O)NC1CC1. The number of carbonyl (C=O) groups is 7. The van der Waals surface area contributed by atoms with Crippen LogP contribution < -0.4 is 26.6 Å². The summed E-state index contributed by atoms with van der Waals surface area (Å²) in [6.07, 6.45) is 4.20. The highest BCUT2D eigenvalue weighted by Gasteiger charge is 2.52. The molecule has 6 amide bonds. The van der Waals surface area contributed by atoms with Gasteiger partial charge in [0.15, 0.2) is 0 Å². The fraction of sp³-hybridized carbons (Fsp3) is 0.794. The lowest BCUT2D eigenvalue weighted by Gasteiger charge is -2.38. The van der Waals surface area contributed by atoms with E-state index in [1.165, 1.54) is 18.9 Å². The van der Waals surface area contributed by atoms with Crippen LogP contribution in [0.25, 0.3) is 0 Å². The van der Waals surface area contributed by atoms with Gasteiger partial charge in [0, 0.05) is 12.6 Å². The molecule has 1 saturated heterocycles. The fourth-order valence-electron chi connectivity index (χ4n) is 6.61. The first-order valence-corrected chi connectivity index (χ1v) is 17.2. The lowest BCUT2D eigenvalue weighted by atomic mass is 9.82. The van der Waals surface area contributed by atoms with E-state index in [1.54, 1.807) is 20.8 Å². The average molecular weight is 677 g/mol. The van der Waals surface area contributed by atoms with Crippen LogP contribution in [-0.2, 0) is 33.5 Å². The van der Waals surface area contributed by atoms with Crippen LogP contribution >= 0.6 is 0 Å². The summed E-state index contributed by atoms with van der Waals surface area (Å²) < 4.78 is 4.57. The number of Topliss-reactive ketones (excluding diaryl/α,β-unsaturated/α-hetero) is 1. The van der Waals surface area contributed by atoms with Crippen LogP contribution in [0.1, 0.15) is 100 Å². The summed E-state index contributed by atoms with van der Waals surface area (Å²) in [5, 5.41) is 13.5. The Kier molecular flexibility index (Phi) is 12.6. The zero-order chi connectivity index (χ0) is 36.1. The van der Waals surface area contributed by atoms with E-state index in [2.05, 4.69) is 31.3 Å². The van der Waals surface area contributed by atoms with Gasteiger partial charge < -0.3 is 36.2 Å². The number of alkyl carbamates (subject to hydrolysis) is 1. The van der Waals surface area contributed by atoms with E-state index in [4.69, 9.17) is 0 Å². The summed E-state index contributed by atoms with van der Waals surface area (Å²) >= 11 is 0. The second-order valence-corrected chi connectivity index (χ2v) is 15.7. The number of amides is 6. The van der Waals surface area contributed by atoms with Gasteiger partial charge in [0.1, 0.15) is 24.2 Å². The smallest absolute Gasteiger partial charge is 0.407 e. The first kappa shape index (κ1) is 38.7. The Morgan fingerprint density at radius 3 is 1.96 bits per heavy atom. The topological polar surface area (TPSA) is 192 Å². The number of hydrogen-bond acceptors (Lipinski definition) is 8. The van der Waals surface area contributed by atoms with Gasteiger partial charge in [0.25, 0.3) is 5.91 Å². The van der Waals surface area contributed by atoms with E-state index in [9.17, 15) is 33.6 Å². The molecule has 270 valence electrons. The molecule has 3 fully saturated rings. The number of nitrogens with one attached hydrogen (secondary N) is 5. The van der Waals surface area contributed by atoms with Crippen molar-refractivity contribution in [1.82, 2.24) is 31.5 Å². The van der Waals surface area contributed by atoms with Crippen molar-refractivity contribution >= 4 is 41.4 Å². The molecule has 5 N–H and O–H groups in total. The Morgan fingerprint density at radius 1 is 0.812 bits per heavy atom. The van der Waals surface area contributed by atoms with Gasteiger partial charge in [-0.3, -0.25) is 28.8 Å². The summed E-state index contributed by atoms with van der Waals surface area (Å²) in [6, 6.07) is -5.02. The molecule has 2 aliphatic carbocycles. The predicted molar refractivity (Wildman–Crippen MR) is 177 cm³/mol. The molecule has 2 saturated carbocycles. The lowest BCUT2D eigenvalue weighted by Crippen LogP contribution is -2.63. The molecule has 48 heavy (non-hydrogen) atoms. The highest BCUT2D eigenvalue weighted by Crippen LogP contribution is 2.43. The predicted octanol–water partition coefficient (Wildman–Crippen LogP) is 1.55. The number of methoxy groups -OCH3 is 1. The van der Waals surface area contributed by atoms with Gasteiger partial charge >= 0.3 is 6.09 Å². The Labute approximate surface area is 284 Å². The molecular weight excluding hydrogens is 620 g/mol. The number of nitrogens with zero attached hydrogens (tertiary/aromatic N) is 1. The maximum Gasteiger partial charge on any atom is 0.407 e. The van der Waals surface area contributed by atoms with Crippen molar-refractivity contribution in [3.63, 3.8) is 0 Å². The minimum Gasteiger partial charge on any atom is -0.453 e. The molecule has 14 heteroatoms. The summed E-state index contributed by atoms with van der Waals surface area (Å²) in [7, 11) is 1.17. The third-order valence-corrected chi connectivity index (χ3v) is 9.52. The highest BCUT2D eigenvalue weighted by molar-refractivity contribution is 6.38. The fourth-order valence-corrected chi connectivity index (χ4v) is 6.61. The summed E-state index contributed by atoms with van der Waals surface area (Å²) in [5.41, 5.74) is -1.57. The van der Waals surface area contributed by atoms with Crippen molar-refractivity contribution in [3.8, 4) is 0 Å². The largest absolute Gasteiger partial charge is 0.453 e. The summed E-state index contributed by atoms with van der Waals surface area (Å²) in [6.45, 7) is 14.4. The van der Waals surface area contributed by atoms with Crippen LogP contribution in [0.5, 0.6) is 0 Å². The van der Waals surface area contributed by atoms with E-state index in [-0.39, 0.29) is 24.3 Å². The van der Waals surface area contributed by atoms with Crippen molar-refractivity contribution in [1.29, 1.82) is 0 Å². The van der Waals surface area contributed by atoms with Crippen LogP contribution in [0.2, 0.25) is 0 Å². The number of carbonyl (C=O) groups excluding carboxylic acids is 7. The Morgan fingerprint density at radius 2 is 1.42 bits per heavy atom. The molecule has 1 heterocycles. The summed E-state index contributed by atoms with van der Waals surface area (Å²) in [5.74, 6) is -3.55. The molecule has 0 aromatic heterocycles. The molecule has 7 atom stereocenters. The molecule has 1 aliphatic heterocycles. The minimum atomic E-state index is -1.08. The van der Waals surface area contributed by atoms with Crippen molar-refractivity contribution in [2.45, 2.75) is 137 Å². The maximum absolute atomic E-state index is 14.5. The van der Waals surface area contributed by atoms with E-state index < -0.39 is 82.5 Å². The molecule has 14 nitrogen and oxygen atoms in total. The third-order valence-electron chi connectivity index (χ3n) is 9.52. The zero-order valence-electron chi connectivity index (χ0n) is 30.0. The number of hydrogen-bond donors (Lipinski definition) is 5. The number of likely N-dealkylation sites (tertiary alicyclic amines) is 1. The zero-order valence-corrected chi connectivity index (χ0v) is 30.0. The van der Waals surface area contributed by atoms with E-state index in [0.717, 1.165) is 32.1 Å². The van der Waals surface area contributed by atoms with Gasteiger partial charge in [0.05, 0.1) is 13.2 Å². The number of rotatable bonds is 13. The molecule has 0 aromatic rings. The number of fused-ring (bicyclic) bond motifs is 1. The molecule has 0 aromatic carbocycles. The van der Waals surface area contributed by atoms with Crippen molar-refractivity contribution in [3.05, 3.63) is 0 Å². The second-order valence-electron chi connectivity index (χ2n) is 15.7. The Hall–Kier alpha value is -3.71. The van der Waals surface area contributed by atoms with Gasteiger partial charge in [-0.15, -0.1) is 0 Å². The molecule has 3 rings (SSSR count). The third kappa shape index (κ3) is 9.68. The maximum atomic E-state index is 14.5. The van der Waals surface area contributed by atoms with Crippen molar-refractivity contribution in [2.75, 3.05) is 13.7 Å². The van der Waals surface area contributed by atoms with Gasteiger partial charge in [-0.2, -0.15) is 0 Å². The number of ketones is 1. The molecule has 0 spiro atoms. The Bertz CT molecular complexity index is 1250. The van der Waals surface area contributed by atoms with Crippen LogP contribution in [0, 0.1) is 22.7 Å². The van der Waals surface area contributed by atoms with Crippen molar-refractivity contribution in [2.24, 2.45) is 22.7 Å². The van der Waals surface area contributed by atoms with E-state index in [0.29, 0.717) is 13.0 Å². The van der Waals surface area contributed by atoms with Crippen LogP contribution in [0.15, 0.2) is 0 Å². The van der Waals surface area contributed by atoms with E-state index >= 15 is 0 Å². The molecule has 3 aliphatic rings. The molecule has 0 radical (unpaired) electrons. The Balaban J connectivity index is 1.84. The first-order chi connectivity index (χ1) is 22.3. The van der Waals surface area contributed by atoms with Gasteiger partial charge in [-0.05, 0) is 61.7 Å². The lowest BCUT2D eigenvalue weighted by molar-refractivity contribution is -0.146. The van der Waals surface area contributed by atoms with Crippen molar-refractivity contribution < 1.29 is 38.3 Å². The van der Waals surface area contributed by atoms with Gasteiger partial charge in [0.2, 0.25) is 29.4 Å². The normalized spacial score (nSPS) is 23.1. The van der Waals surface area contributed by atoms with Crippen LogP contribution in [0.4, 0.5) is 4.79 Å². The van der Waals surface area contributed by atoms with Crippen LogP contribution in [-0.4, -0.2) is 96.2 Å². The molecular formula is C34H56N6O8. The molecule has 0 bridgehead atoms. The monoisotopic (exact) mass is 676 g/mol. The minimum absolute atomic E-state index is 0.00251. The average Bonchev–Trinajstić information content (AvgIpc) is 3.56. The quantitative estimate of drug-likeness (QED) is 0.182. The van der Waals surface area contributed by atoms with Crippen LogP contribution in [0.3, 0.4) is 0 Å². The number of ether oxygens (including phenoxy) is 1. The molecule has 2 unspecified atom stereocenters. The van der Waals surface area contributed by atoms with Gasteiger partial charge in [-0.25, -0.2) is 4.79 Å². The second kappa shape index (κ2) is 15.7. The van der Waals surface area contributed by atoms with E-state index in [1.807, 2.05) is 27.7 Å². The summed E-state index contributed by atoms with van der Waals surface area (Å²) in [4.78, 5) is 94.2. The van der Waals surface area contributed by atoms with Gasteiger partial charge in [-0.1, -0.05) is 61.3 Å². The first-order valence-electron chi connectivity index (χ1n) is 17.2. The standard InChI is InChI=1S/C34H56N6O8/c1-10-12-22(24(41)29(44)36-20-15-16-20)37-28(43)23-21-14-11-13-19(21)17-40(23)31(46)26(34(6,7)8)39-30(45)25(33(3,4)5)38-27(42)18(2)35-32(47)48-9/h18-23,25-26H,10-17H2,1-9H3,(H,35,47)(H,36,44)(H,37,43)(H,38,42)(H,39,45)/t18-,19+,21+,22+,23?,25-,26?/m1/s1.